The number of carbonyl (C=O) groups excluding carboxylic acids is 1. The maximum Gasteiger partial charge on any atom is 0.308 e. The maximum absolute atomic E-state index is 11.9. The van der Waals surface area contributed by atoms with Crippen LogP contribution in [0.5, 0.6) is 0 Å². The number of esters is 1. The Morgan fingerprint density at radius 2 is 2.10 bits per heavy atom. The van der Waals surface area contributed by atoms with Crippen LogP contribution in [0.3, 0.4) is 0 Å². The third kappa shape index (κ3) is 4.19. The van der Waals surface area contributed by atoms with Crippen LogP contribution in [0.4, 0.5) is 0 Å². The van der Waals surface area contributed by atoms with Gasteiger partial charge < -0.3 is 15.0 Å². The van der Waals surface area contributed by atoms with Crippen LogP contribution in [-0.4, -0.2) is 49.2 Å². The molecule has 1 aliphatic heterocycles. The van der Waals surface area contributed by atoms with E-state index < -0.39 is 0 Å². The molecule has 4 heteroatoms. The van der Waals surface area contributed by atoms with Crippen LogP contribution >= 0.6 is 0 Å². The van der Waals surface area contributed by atoms with E-state index in [9.17, 15) is 4.79 Å². The van der Waals surface area contributed by atoms with Crippen molar-refractivity contribution in [2.24, 2.45) is 11.8 Å². The summed E-state index contributed by atoms with van der Waals surface area (Å²) in [5.74, 6) is 0.959. The van der Waals surface area contributed by atoms with Crippen molar-refractivity contribution >= 4 is 5.97 Å². The molecular weight excluding hydrogens is 264 g/mol. The monoisotopic (exact) mass is 294 g/mol. The van der Waals surface area contributed by atoms with Crippen LogP contribution in [0, 0.1) is 11.8 Å². The lowest BCUT2D eigenvalue weighted by molar-refractivity contribution is -0.149. The standard InChI is InChI=1S/C17H30N2O2/c1-2-21-17(20)14-4-3-5-15(10-14)18-11-13-8-9-19(12-13)16-6-7-16/h13-16,18H,2-12H2,1H3. The summed E-state index contributed by atoms with van der Waals surface area (Å²) in [5, 5.41) is 3.74. The van der Waals surface area contributed by atoms with Gasteiger partial charge in [-0.05, 0) is 64.5 Å². The third-order valence-electron chi connectivity index (χ3n) is 5.37. The fraction of sp³-hybridized carbons (Fsp3) is 0.941. The van der Waals surface area contributed by atoms with Crippen molar-refractivity contribution in [1.29, 1.82) is 0 Å². The number of carbonyl (C=O) groups is 1. The Balaban J connectivity index is 1.37. The van der Waals surface area contributed by atoms with Crippen LogP contribution in [0.15, 0.2) is 0 Å². The average Bonchev–Trinajstić information content (AvgIpc) is 3.25. The van der Waals surface area contributed by atoms with Crippen LogP contribution in [0.2, 0.25) is 0 Å². The number of likely N-dealkylation sites (tertiary alicyclic amines) is 1. The molecule has 1 N–H and O–H groups in total. The highest BCUT2D eigenvalue weighted by molar-refractivity contribution is 5.72. The predicted octanol–water partition coefficient (Wildman–Crippen LogP) is 2.18. The lowest BCUT2D eigenvalue weighted by Gasteiger charge is -2.29. The Morgan fingerprint density at radius 3 is 2.86 bits per heavy atom. The van der Waals surface area contributed by atoms with Gasteiger partial charge in [0, 0.05) is 18.6 Å². The zero-order valence-corrected chi connectivity index (χ0v) is 13.4. The SMILES string of the molecule is CCOC(=O)C1CCCC(NCC2CCN(C3CC3)C2)C1. The zero-order valence-electron chi connectivity index (χ0n) is 13.4. The molecule has 2 saturated carbocycles. The summed E-state index contributed by atoms with van der Waals surface area (Å²) in [5.41, 5.74) is 0. The summed E-state index contributed by atoms with van der Waals surface area (Å²) in [7, 11) is 0. The highest BCUT2D eigenvalue weighted by Crippen LogP contribution is 2.32. The largest absolute Gasteiger partial charge is 0.466 e. The molecule has 3 atom stereocenters. The first-order valence-electron chi connectivity index (χ1n) is 8.90. The topological polar surface area (TPSA) is 41.6 Å². The fourth-order valence-electron chi connectivity index (χ4n) is 3.98. The highest BCUT2D eigenvalue weighted by atomic mass is 16.5. The van der Waals surface area contributed by atoms with Crippen LogP contribution in [-0.2, 0) is 9.53 Å². The summed E-state index contributed by atoms with van der Waals surface area (Å²) in [6, 6.07) is 1.43. The lowest BCUT2D eigenvalue weighted by Crippen LogP contribution is -2.39. The molecule has 0 spiro atoms. The molecular formula is C17H30N2O2. The summed E-state index contributed by atoms with van der Waals surface area (Å²) in [6.45, 7) is 6.11. The molecule has 4 nitrogen and oxygen atoms in total. The zero-order chi connectivity index (χ0) is 14.7. The molecule has 21 heavy (non-hydrogen) atoms. The van der Waals surface area contributed by atoms with Gasteiger partial charge in [0.2, 0.25) is 0 Å². The molecule has 3 fully saturated rings. The predicted molar refractivity (Wildman–Crippen MR) is 83.1 cm³/mol. The molecule has 0 aromatic rings. The van der Waals surface area contributed by atoms with E-state index in [1.807, 2.05) is 6.92 Å². The van der Waals surface area contributed by atoms with Gasteiger partial charge in [0.05, 0.1) is 12.5 Å². The molecule has 3 rings (SSSR count). The van der Waals surface area contributed by atoms with Gasteiger partial charge in [-0.2, -0.15) is 0 Å². The molecule has 1 heterocycles. The fourth-order valence-corrected chi connectivity index (χ4v) is 3.98. The van der Waals surface area contributed by atoms with Crippen LogP contribution < -0.4 is 5.32 Å². The van der Waals surface area contributed by atoms with Gasteiger partial charge in [-0.3, -0.25) is 4.79 Å². The quantitative estimate of drug-likeness (QED) is 0.763. The number of hydrogen-bond donors (Lipinski definition) is 1. The minimum absolute atomic E-state index is 0.0183. The van der Waals surface area contributed by atoms with Gasteiger partial charge in [-0.1, -0.05) is 6.42 Å². The molecule has 2 aliphatic carbocycles. The molecule has 3 aliphatic rings. The van der Waals surface area contributed by atoms with E-state index in [1.165, 1.54) is 38.8 Å². The smallest absolute Gasteiger partial charge is 0.308 e. The van der Waals surface area contributed by atoms with E-state index in [1.54, 1.807) is 0 Å². The minimum atomic E-state index is 0.0183. The second-order valence-electron chi connectivity index (χ2n) is 7.10. The first-order chi connectivity index (χ1) is 10.3. The Morgan fingerprint density at radius 1 is 1.24 bits per heavy atom. The van der Waals surface area contributed by atoms with Gasteiger partial charge in [0.25, 0.3) is 0 Å². The van der Waals surface area contributed by atoms with E-state index in [4.69, 9.17) is 4.74 Å². The van der Waals surface area contributed by atoms with Crippen molar-refractivity contribution in [3.05, 3.63) is 0 Å². The van der Waals surface area contributed by atoms with E-state index in [0.717, 1.165) is 37.8 Å². The number of nitrogens with zero attached hydrogens (tertiary/aromatic N) is 1. The molecule has 0 bridgehead atoms. The average molecular weight is 294 g/mol. The summed E-state index contributed by atoms with van der Waals surface area (Å²) in [4.78, 5) is 14.5. The van der Waals surface area contributed by atoms with Gasteiger partial charge in [0.1, 0.15) is 0 Å². The van der Waals surface area contributed by atoms with Crippen molar-refractivity contribution in [3.63, 3.8) is 0 Å². The van der Waals surface area contributed by atoms with Crippen LogP contribution in [0.25, 0.3) is 0 Å². The second-order valence-corrected chi connectivity index (χ2v) is 7.10. The number of rotatable bonds is 6. The van der Waals surface area contributed by atoms with E-state index in [-0.39, 0.29) is 11.9 Å². The second kappa shape index (κ2) is 7.10. The Hall–Kier alpha value is -0.610. The van der Waals surface area contributed by atoms with Crippen molar-refractivity contribution < 1.29 is 9.53 Å². The number of nitrogens with one attached hydrogen (secondary N) is 1. The molecule has 1 saturated heterocycles. The van der Waals surface area contributed by atoms with Gasteiger partial charge in [-0.25, -0.2) is 0 Å². The summed E-state index contributed by atoms with van der Waals surface area (Å²) >= 11 is 0. The molecule has 0 radical (unpaired) electrons. The van der Waals surface area contributed by atoms with Crippen molar-refractivity contribution in [2.45, 2.75) is 64.0 Å². The third-order valence-corrected chi connectivity index (χ3v) is 5.37. The molecule has 0 aromatic heterocycles. The Bertz CT molecular complexity index is 357. The van der Waals surface area contributed by atoms with Crippen molar-refractivity contribution in [1.82, 2.24) is 10.2 Å². The van der Waals surface area contributed by atoms with Crippen molar-refractivity contribution in [3.8, 4) is 0 Å². The van der Waals surface area contributed by atoms with E-state index in [2.05, 4.69) is 10.2 Å². The number of ether oxygens (including phenoxy) is 1. The molecule has 0 amide bonds. The number of hydrogen-bond acceptors (Lipinski definition) is 4. The van der Waals surface area contributed by atoms with E-state index >= 15 is 0 Å². The van der Waals surface area contributed by atoms with Gasteiger partial charge in [0.15, 0.2) is 0 Å². The maximum atomic E-state index is 11.9. The lowest BCUT2D eigenvalue weighted by atomic mass is 9.85. The molecule has 3 unspecified atom stereocenters. The van der Waals surface area contributed by atoms with Crippen molar-refractivity contribution in [2.75, 3.05) is 26.2 Å². The van der Waals surface area contributed by atoms with E-state index in [0.29, 0.717) is 12.6 Å². The normalized spacial score (nSPS) is 34.0. The first kappa shape index (κ1) is 15.3. The Kier molecular flexibility index (Phi) is 5.17. The highest BCUT2D eigenvalue weighted by Gasteiger charge is 2.34. The van der Waals surface area contributed by atoms with Gasteiger partial charge in [-0.15, -0.1) is 0 Å². The minimum Gasteiger partial charge on any atom is -0.466 e. The summed E-state index contributed by atoms with van der Waals surface area (Å²) < 4.78 is 5.18. The first-order valence-corrected chi connectivity index (χ1v) is 8.90. The van der Waals surface area contributed by atoms with Crippen LogP contribution in [0.1, 0.15) is 51.9 Å². The Labute approximate surface area is 128 Å². The molecule has 0 aromatic carbocycles. The summed E-state index contributed by atoms with van der Waals surface area (Å²) in [6.07, 6.45) is 8.54. The molecule has 120 valence electrons. The van der Waals surface area contributed by atoms with Gasteiger partial charge >= 0.3 is 5.97 Å².